The molecule has 0 bridgehead atoms. The lowest BCUT2D eigenvalue weighted by Crippen LogP contribution is -1.88. The molecule has 0 radical (unpaired) electrons. The average molecular weight is 123 g/mol. The van der Waals surface area contributed by atoms with E-state index in [1.54, 1.807) is 7.11 Å². The lowest BCUT2D eigenvalue weighted by atomic mass is 10.4. The first-order valence-corrected chi connectivity index (χ1v) is 2.77. The van der Waals surface area contributed by atoms with Gasteiger partial charge in [-0.05, 0) is 18.2 Å². The number of ether oxygens (including phenoxy) is 1. The van der Waals surface area contributed by atoms with Crippen LogP contribution in [-0.4, -0.2) is 7.11 Å². The predicted molar refractivity (Wildman–Crippen MR) is 36.5 cm³/mol. The molecule has 0 saturated carbocycles. The zero-order valence-corrected chi connectivity index (χ0v) is 5.29. The number of hydrogen-bond donors (Lipinski definition) is 1. The fourth-order valence-electron chi connectivity index (χ4n) is 0.576. The Kier molecular flexibility index (Phi) is 1.96. The standard InChI is InChI=1S/C7H9NO/c1-9-7-3-2-5-8-6-4-7/h2-6,8H,1H3. The molecule has 0 aromatic carbocycles. The van der Waals surface area contributed by atoms with E-state index in [4.69, 9.17) is 4.74 Å². The van der Waals surface area contributed by atoms with Crippen LogP contribution in [-0.2, 0) is 4.74 Å². The van der Waals surface area contributed by atoms with Gasteiger partial charge in [0.1, 0.15) is 5.76 Å². The Hall–Kier alpha value is -1.18. The van der Waals surface area contributed by atoms with E-state index in [2.05, 4.69) is 5.32 Å². The Labute approximate surface area is 54.5 Å². The van der Waals surface area contributed by atoms with Gasteiger partial charge in [0.05, 0.1) is 7.11 Å². The highest BCUT2D eigenvalue weighted by atomic mass is 16.5. The second-order valence-corrected chi connectivity index (χ2v) is 1.63. The topological polar surface area (TPSA) is 21.3 Å². The molecule has 1 N–H and O–H groups in total. The molecule has 2 heteroatoms. The lowest BCUT2D eigenvalue weighted by molar-refractivity contribution is 0.307. The van der Waals surface area contributed by atoms with Gasteiger partial charge in [0.2, 0.25) is 0 Å². The fourth-order valence-corrected chi connectivity index (χ4v) is 0.576. The summed E-state index contributed by atoms with van der Waals surface area (Å²) in [6, 6.07) is 0. The Bertz CT molecular complexity index is 168. The van der Waals surface area contributed by atoms with Crippen molar-refractivity contribution >= 4 is 0 Å². The third-order valence-electron chi connectivity index (χ3n) is 1.03. The molecule has 1 rings (SSSR count). The van der Waals surface area contributed by atoms with Crippen molar-refractivity contribution in [1.29, 1.82) is 0 Å². The second kappa shape index (κ2) is 2.97. The van der Waals surface area contributed by atoms with Gasteiger partial charge < -0.3 is 10.1 Å². The third kappa shape index (κ3) is 1.64. The SMILES string of the molecule is COC1=CC=CNC=C1. The summed E-state index contributed by atoms with van der Waals surface area (Å²) in [6.45, 7) is 0. The van der Waals surface area contributed by atoms with Crippen molar-refractivity contribution < 1.29 is 4.74 Å². The molecule has 1 aliphatic rings. The number of allylic oxidation sites excluding steroid dienone is 3. The number of rotatable bonds is 1. The van der Waals surface area contributed by atoms with Crippen molar-refractivity contribution in [3.8, 4) is 0 Å². The molecule has 0 spiro atoms. The van der Waals surface area contributed by atoms with Crippen LogP contribution in [0.5, 0.6) is 0 Å². The van der Waals surface area contributed by atoms with E-state index >= 15 is 0 Å². The van der Waals surface area contributed by atoms with Crippen LogP contribution in [0.15, 0.2) is 36.4 Å². The maximum absolute atomic E-state index is 4.95. The monoisotopic (exact) mass is 123 g/mol. The van der Waals surface area contributed by atoms with E-state index in [1.807, 2.05) is 30.6 Å². The van der Waals surface area contributed by atoms with Crippen LogP contribution < -0.4 is 5.32 Å². The Morgan fingerprint density at radius 3 is 3.11 bits per heavy atom. The summed E-state index contributed by atoms with van der Waals surface area (Å²) < 4.78 is 4.95. The van der Waals surface area contributed by atoms with Crippen LogP contribution in [0.25, 0.3) is 0 Å². The zero-order valence-electron chi connectivity index (χ0n) is 5.29. The molecule has 0 amide bonds. The number of nitrogens with one attached hydrogen (secondary N) is 1. The van der Waals surface area contributed by atoms with Gasteiger partial charge in [-0.25, -0.2) is 0 Å². The average Bonchev–Trinajstić information content (AvgIpc) is 2.13. The van der Waals surface area contributed by atoms with Crippen molar-refractivity contribution in [1.82, 2.24) is 5.32 Å². The van der Waals surface area contributed by atoms with Crippen molar-refractivity contribution in [2.75, 3.05) is 7.11 Å². The first-order valence-electron chi connectivity index (χ1n) is 2.77. The maximum Gasteiger partial charge on any atom is 0.120 e. The largest absolute Gasteiger partial charge is 0.497 e. The molecule has 1 aliphatic heterocycles. The number of hydrogen-bond acceptors (Lipinski definition) is 2. The summed E-state index contributed by atoms with van der Waals surface area (Å²) >= 11 is 0. The molecule has 0 aliphatic carbocycles. The summed E-state index contributed by atoms with van der Waals surface area (Å²) in [5, 5.41) is 2.92. The number of methoxy groups -OCH3 is 1. The summed E-state index contributed by atoms with van der Waals surface area (Å²) in [5.41, 5.74) is 0. The molecule has 9 heavy (non-hydrogen) atoms. The molecular weight excluding hydrogens is 114 g/mol. The normalized spacial score (nSPS) is 15.9. The van der Waals surface area contributed by atoms with Gasteiger partial charge in [-0.15, -0.1) is 0 Å². The highest BCUT2D eigenvalue weighted by molar-refractivity contribution is 5.20. The highest BCUT2D eigenvalue weighted by Crippen LogP contribution is 1.98. The quantitative estimate of drug-likeness (QED) is 0.564. The van der Waals surface area contributed by atoms with E-state index in [9.17, 15) is 0 Å². The molecular formula is C7H9NO. The smallest absolute Gasteiger partial charge is 0.120 e. The molecule has 0 saturated heterocycles. The van der Waals surface area contributed by atoms with Crippen molar-refractivity contribution in [3.05, 3.63) is 36.4 Å². The molecule has 0 fully saturated rings. The van der Waals surface area contributed by atoms with Crippen molar-refractivity contribution in [2.24, 2.45) is 0 Å². The molecule has 0 aromatic rings. The van der Waals surface area contributed by atoms with Crippen molar-refractivity contribution in [3.63, 3.8) is 0 Å². The van der Waals surface area contributed by atoms with E-state index in [-0.39, 0.29) is 0 Å². The first-order chi connectivity index (χ1) is 4.43. The van der Waals surface area contributed by atoms with Gasteiger partial charge in [0.25, 0.3) is 0 Å². The molecule has 2 nitrogen and oxygen atoms in total. The summed E-state index contributed by atoms with van der Waals surface area (Å²) in [4.78, 5) is 0. The molecule has 1 heterocycles. The minimum atomic E-state index is 0.858. The second-order valence-electron chi connectivity index (χ2n) is 1.63. The Balaban J connectivity index is 2.67. The third-order valence-corrected chi connectivity index (χ3v) is 1.03. The van der Waals surface area contributed by atoms with Gasteiger partial charge in [0.15, 0.2) is 0 Å². The van der Waals surface area contributed by atoms with Crippen LogP contribution in [0.4, 0.5) is 0 Å². The van der Waals surface area contributed by atoms with Crippen LogP contribution in [0.3, 0.4) is 0 Å². The Morgan fingerprint density at radius 2 is 2.33 bits per heavy atom. The lowest BCUT2D eigenvalue weighted by Gasteiger charge is -1.94. The van der Waals surface area contributed by atoms with E-state index in [1.165, 1.54) is 0 Å². The molecule has 0 atom stereocenters. The summed E-state index contributed by atoms with van der Waals surface area (Å²) in [7, 11) is 1.65. The molecule has 48 valence electrons. The van der Waals surface area contributed by atoms with E-state index < -0.39 is 0 Å². The van der Waals surface area contributed by atoms with Crippen LogP contribution in [0, 0.1) is 0 Å². The fraction of sp³-hybridized carbons (Fsp3) is 0.143. The van der Waals surface area contributed by atoms with Crippen LogP contribution in [0.2, 0.25) is 0 Å². The minimum Gasteiger partial charge on any atom is -0.497 e. The zero-order chi connectivity index (χ0) is 6.53. The molecule has 0 aromatic heterocycles. The van der Waals surface area contributed by atoms with Crippen LogP contribution >= 0.6 is 0 Å². The van der Waals surface area contributed by atoms with E-state index in [0.717, 1.165) is 5.76 Å². The summed E-state index contributed by atoms with van der Waals surface area (Å²) in [5.74, 6) is 0.858. The van der Waals surface area contributed by atoms with Gasteiger partial charge >= 0.3 is 0 Å². The van der Waals surface area contributed by atoms with Gasteiger partial charge in [0, 0.05) is 12.4 Å². The first kappa shape index (κ1) is 5.95. The minimum absolute atomic E-state index is 0.858. The van der Waals surface area contributed by atoms with Crippen molar-refractivity contribution in [2.45, 2.75) is 0 Å². The van der Waals surface area contributed by atoms with Gasteiger partial charge in [-0.3, -0.25) is 0 Å². The Morgan fingerprint density at radius 1 is 1.44 bits per heavy atom. The maximum atomic E-state index is 4.95. The highest BCUT2D eigenvalue weighted by Gasteiger charge is 1.86. The molecule has 0 unspecified atom stereocenters. The van der Waals surface area contributed by atoms with Crippen LogP contribution in [0.1, 0.15) is 0 Å². The van der Waals surface area contributed by atoms with Gasteiger partial charge in [-0.1, -0.05) is 0 Å². The predicted octanol–water partition coefficient (Wildman–Crippen LogP) is 1.15. The van der Waals surface area contributed by atoms with E-state index in [0.29, 0.717) is 0 Å². The van der Waals surface area contributed by atoms with Gasteiger partial charge in [-0.2, -0.15) is 0 Å². The summed E-state index contributed by atoms with van der Waals surface area (Å²) in [6.07, 6.45) is 9.29.